The minimum atomic E-state index is -3.74. The summed E-state index contributed by atoms with van der Waals surface area (Å²) < 4.78 is 33.7. The molecule has 2 fully saturated rings. The lowest BCUT2D eigenvalue weighted by molar-refractivity contribution is -0.128. The minimum absolute atomic E-state index is 0.0625. The average molecular weight is 457 g/mol. The number of nitrogens with one attached hydrogen (secondary N) is 2. The third-order valence-corrected chi connectivity index (χ3v) is 8.77. The van der Waals surface area contributed by atoms with E-state index in [0.29, 0.717) is 35.5 Å². The van der Waals surface area contributed by atoms with Gasteiger partial charge in [0.1, 0.15) is 11.5 Å². The van der Waals surface area contributed by atoms with Gasteiger partial charge in [0.25, 0.3) is 5.91 Å². The Morgan fingerprint density at radius 3 is 2.41 bits per heavy atom. The van der Waals surface area contributed by atoms with E-state index in [-0.39, 0.29) is 28.8 Å². The van der Waals surface area contributed by atoms with Crippen LogP contribution in [0.5, 0.6) is 5.75 Å². The van der Waals surface area contributed by atoms with Gasteiger partial charge in [-0.2, -0.15) is 0 Å². The molecule has 0 aromatic heterocycles. The smallest absolute Gasteiger partial charge is 0.255 e. The maximum absolute atomic E-state index is 12.9. The predicted molar refractivity (Wildman–Crippen MR) is 123 cm³/mol. The normalized spacial score (nSPS) is 23.7. The standard InChI is InChI=1S/C24H28N2O5S/c1-23(2)17-12-13-24(23,21(27)14-17)15-32(29,30)26-18-10-8-16(9-11-18)22(28)25-19-6-4-5-7-20(19)31-3/h4-11,17,26H,12-15H2,1-3H3,(H,25,28)/t17-,24-/m1/s1. The van der Waals surface area contributed by atoms with Crippen LogP contribution in [0.15, 0.2) is 48.5 Å². The van der Waals surface area contributed by atoms with Gasteiger partial charge in [-0.25, -0.2) is 8.42 Å². The lowest BCUT2D eigenvalue weighted by atomic mass is 9.70. The van der Waals surface area contributed by atoms with Gasteiger partial charge in [-0.15, -0.1) is 0 Å². The molecule has 0 radical (unpaired) electrons. The summed E-state index contributed by atoms with van der Waals surface area (Å²) >= 11 is 0. The van der Waals surface area contributed by atoms with Crippen molar-refractivity contribution in [2.45, 2.75) is 33.1 Å². The van der Waals surface area contributed by atoms with Gasteiger partial charge in [0.15, 0.2) is 0 Å². The van der Waals surface area contributed by atoms with Gasteiger partial charge in [0.2, 0.25) is 10.0 Å². The van der Waals surface area contributed by atoms with Crippen LogP contribution >= 0.6 is 0 Å². The van der Waals surface area contributed by atoms with E-state index in [1.807, 2.05) is 13.8 Å². The lowest BCUT2D eigenvalue weighted by Crippen LogP contribution is -2.43. The van der Waals surface area contributed by atoms with Crippen LogP contribution < -0.4 is 14.8 Å². The molecule has 2 atom stereocenters. The highest BCUT2D eigenvalue weighted by atomic mass is 32.2. The van der Waals surface area contributed by atoms with E-state index in [1.54, 1.807) is 48.5 Å². The van der Waals surface area contributed by atoms with Crippen LogP contribution in [-0.2, 0) is 14.8 Å². The highest BCUT2D eigenvalue weighted by Crippen LogP contribution is 2.64. The molecule has 0 spiro atoms. The predicted octanol–water partition coefficient (Wildman–Crippen LogP) is 4.08. The largest absolute Gasteiger partial charge is 0.495 e. The zero-order chi connectivity index (χ0) is 23.1. The molecule has 7 nitrogen and oxygen atoms in total. The van der Waals surface area contributed by atoms with Crippen molar-refractivity contribution in [3.05, 3.63) is 54.1 Å². The van der Waals surface area contributed by atoms with E-state index >= 15 is 0 Å². The second-order valence-electron chi connectivity index (χ2n) is 9.26. The number of sulfonamides is 1. The third kappa shape index (κ3) is 3.77. The number of amides is 1. The van der Waals surface area contributed by atoms with E-state index in [1.165, 1.54) is 7.11 Å². The van der Waals surface area contributed by atoms with Gasteiger partial charge in [0.05, 0.1) is 24.0 Å². The molecule has 0 saturated heterocycles. The number of benzene rings is 2. The number of anilines is 2. The van der Waals surface area contributed by atoms with Crippen molar-refractivity contribution in [1.82, 2.24) is 0 Å². The van der Waals surface area contributed by atoms with Crippen molar-refractivity contribution < 1.29 is 22.7 Å². The monoisotopic (exact) mass is 456 g/mol. The molecule has 0 aliphatic heterocycles. The molecule has 1 amide bonds. The number of ether oxygens (including phenoxy) is 1. The quantitative estimate of drug-likeness (QED) is 0.654. The van der Waals surface area contributed by atoms with E-state index in [2.05, 4.69) is 10.0 Å². The average Bonchev–Trinajstić information content (AvgIpc) is 3.08. The first-order valence-corrected chi connectivity index (χ1v) is 12.3. The number of rotatable bonds is 7. The Hall–Kier alpha value is -2.87. The van der Waals surface area contributed by atoms with Gasteiger partial charge in [-0.1, -0.05) is 26.0 Å². The second kappa shape index (κ2) is 7.92. The fourth-order valence-electron chi connectivity index (χ4n) is 5.28. The summed E-state index contributed by atoms with van der Waals surface area (Å²) in [6.07, 6.45) is 1.98. The molecule has 0 heterocycles. The van der Waals surface area contributed by atoms with E-state index in [9.17, 15) is 18.0 Å². The SMILES string of the molecule is COc1ccccc1NC(=O)c1ccc(NS(=O)(=O)C[C@]23CC[C@H](CC2=O)C3(C)C)cc1. The molecule has 2 aromatic carbocycles. The number of carbonyl (C=O) groups excluding carboxylic acids is 2. The molecule has 4 rings (SSSR count). The van der Waals surface area contributed by atoms with Crippen LogP contribution in [0.3, 0.4) is 0 Å². The van der Waals surface area contributed by atoms with E-state index < -0.39 is 15.4 Å². The molecule has 8 heteroatoms. The summed E-state index contributed by atoms with van der Waals surface area (Å²) in [5.41, 5.74) is 0.135. The molecule has 2 aromatic rings. The van der Waals surface area contributed by atoms with Crippen molar-refractivity contribution in [2.24, 2.45) is 16.7 Å². The number of Topliss-reactive ketones (excluding diaryl/α,β-unsaturated/α-hetero) is 1. The van der Waals surface area contributed by atoms with Gasteiger partial charge in [0, 0.05) is 17.7 Å². The Kier molecular flexibility index (Phi) is 5.53. The van der Waals surface area contributed by atoms with Crippen LogP contribution in [-0.4, -0.2) is 33.0 Å². The molecule has 2 aliphatic rings. The van der Waals surface area contributed by atoms with Crippen LogP contribution in [0.2, 0.25) is 0 Å². The first-order valence-electron chi connectivity index (χ1n) is 10.7. The number of hydrogen-bond acceptors (Lipinski definition) is 5. The first-order chi connectivity index (χ1) is 15.1. The second-order valence-corrected chi connectivity index (χ2v) is 11.0. The molecule has 0 unspecified atom stereocenters. The Labute approximate surface area is 188 Å². The Morgan fingerprint density at radius 2 is 1.81 bits per heavy atom. The number of ketones is 1. The number of methoxy groups -OCH3 is 1. The first kappa shape index (κ1) is 22.3. The summed E-state index contributed by atoms with van der Waals surface area (Å²) in [6.45, 7) is 4.03. The van der Waals surface area contributed by atoms with Crippen LogP contribution in [0.25, 0.3) is 0 Å². The maximum Gasteiger partial charge on any atom is 0.255 e. The third-order valence-electron chi connectivity index (χ3n) is 7.35. The fourth-order valence-corrected chi connectivity index (χ4v) is 7.17. The fraction of sp³-hybridized carbons (Fsp3) is 0.417. The van der Waals surface area contributed by atoms with Crippen molar-refractivity contribution in [3.63, 3.8) is 0 Å². The van der Waals surface area contributed by atoms with Crippen molar-refractivity contribution in [3.8, 4) is 5.75 Å². The molecule has 32 heavy (non-hydrogen) atoms. The highest BCUT2D eigenvalue weighted by molar-refractivity contribution is 7.92. The van der Waals surface area contributed by atoms with Crippen LogP contribution in [0, 0.1) is 16.7 Å². The van der Waals surface area contributed by atoms with E-state index in [4.69, 9.17) is 4.74 Å². The maximum atomic E-state index is 12.9. The Bertz CT molecular complexity index is 1160. The summed E-state index contributed by atoms with van der Waals surface area (Å²) in [4.78, 5) is 25.2. The summed E-state index contributed by atoms with van der Waals surface area (Å²) in [6, 6.07) is 13.3. The zero-order valence-electron chi connectivity index (χ0n) is 18.5. The molecule has 2 aliphatic carbocycles. The number of para-hydroxylation sites is 2. The molecular formula is C24H28N2O5S. The summed E-state index contributed by atoms with van der Waals surface area (Å²) in [5, 5.41) is 2.78. The number of carbonyl (C=O) groups is 2. The van der Waals surface area contributed by atoms with Gasteiger partial charge >= 0.3 is 0 Å². The molecular weight excluding hydrogens is 428 g/mol. The van der Waals surface area contributed by atoms with Crippen molar-refractivity contribution >= 4 is 33.1 Å². The number of fused-ring (bicyclic) bond motifs is 2. The molecule has 170 valence electrons. The van der Waals surface area contributed by atoms with E-state index in [0.717, 1.165) is 6.42 Å². The molecule has 2 saturated carbocycles. The number of hydrogen-bond donors (Lipinski definition) is 2. The van der Waals surface area contributed by atoms with Gasteiger partial charge in [-0.3, -0.25) is 14.3 Å². The molecule has 2 N–H and O–H groups in total. The van der Waals surface area contributed by atoms with Crippen molar-refractivity contribution in [1.29, 1.82) is 0 Å². The highest BCUT2D eigenvalue weighted by Gasteiger charge is 2.65. The topological polar surface area (TPSA) is 102 Å². The Balaban J connectivity index is 1.45. The van der Waals surface area contributed by atoms with Crippen molar-refractivity contribution in [2.75, 3.05) is 22.9 Å². The van der Waals surface area contributed by atoms with Gasteiger partial charge < -0.3 is 10.1 Å². The minimum Gasteiger partial charge on any atom is -0.495 e. The zero-order valence-corrected chi connectivity index (χ0v) is 19.3. The Morgan fingerprint density at radius 1 is 1.12 bits per heavy atom. The van der Waals surface area contributed by atoms with Gasteiger partial charge in [-0.05, 0) is 60.6 Å². The van der Waals surface area contributed by atoms with Crippen LogP contribution in [0.1, 0.15) is 43.5 Å². The lowest BCUT2D eigenvalue weighted by Gasteiger charge is -2.36. The summed E-state index contributed by atoms with van der Waals surface area (Å²) in [7, 11) is -2.22. The molecule has 2 bridgehead atoms. The van der Waals surface area contributed by atoms with Crippen LogP contribution in [0.4, 0.5) is 11.4 Å². The summed E-state index contributed by atoms with van der Waals surface area (Å²) in [5.74, 6) is 0.318.